The Morgan fingerprint density at radius 3 is 2.24 bits per heavy atom. The van der Waals surface area contributed by atoms with Crippen molar-refractivity contribution in [1.82, 2.24) is 14.7 Å². The highest BCUT2D eigenvalue weighted by Gasteiger charge is 2.58. The van der Waals surface area contributed by atoms with Crippen LogP contribution < -0.4 is 4.74 Å². The van der Waals surface area contributed by atoms with Crippen molar-refractivity contribution in [3.8, 4) is 28.4 Å². The van der Waals surface area contributed by atoms with Gasteiger partial charge in [-0.3, -0.25) is 19.3 Å². The molecule has 2 bridgehead atoms. The van der Waals surface area contributed by atoms with Crippen molar-refractivity contribution in [2.75, 3.05) is 47.1 Å². The Balaban J connectivity index is 0.830. The van der Waals surface area contributed by atoms with E-state index in [9.17, 15) is 34.5 Å². The molecular weight excluding hydrogens is 879 g/mol. The smallest absolute Gasteiger partial charge is 0.409 e. The topological polar surface area (TPSA) is 203 Å². The van der Waals surface area contributed by atoms with E-state index in [1.54, 1.807) is 23.0 Å². The van der Waals surface area contributed by atoms with Crippen molar-refractivity contribution in [1.29, 1.82) is 0 Å². The molecule has 3 aliphatic carbocycles. The number of hydrogen-bond acceptors (Lipinski definition) is 15. The van der Waals surface area contributed by atoms with Crippen molar-refractivity contribution in [2.45, 2.75) is 99.4 Å². The number of carbonyl (C=O) groups excluding carboxylic acids is 4. The van der Waals surface area contributed by atoms with E-state index in [4.69, 9.17) is 33.2 Å². The van der Waals surface area contributed by atoms with E-state index in [-0.39, 0.29) is 72.2 Å². The van der Waals surface area contributed by atoms with E-state index < -0.39 is 108 Å². The number of methoxy groups -OCH3 is 2. The van der Waals surface area contributed by atoms with Crippen LogP contribution in [0.25, 0.3) is 11.1 Å². The third-order valence-electron chi connectivity index (χ3n) is 15.6. The number of nitrogens with zero attached hydrogens (tertiary/aromatic N) is 3. The fraction of sp³-hybridized carbons (Fsp3) is 0.451. The standard InChI is InChI=1S/C51H51N3O14/c1-24-46-34(53-15-16-64-48(63-3)47(53)68-46)18-37(66-24)67-36-20-51(61,19-32-39(36)45(58)41-40(43(32)56)42(55)31-13-8-14-35(62-2)38(31)44(41)57)49(59)54-25-17-26(54)22-52(21-25)50(60)65-23-33-29-11-6-4-9-27(29)28-10-5-7-12-30(28)33/h4-14,24-26,33-34,36-37,46-48,56,58,61H,15-23H2,1-3H3/t24-,25?,26?,34-,36-,37-,46+,47+,48-,51-/m0/s1. The van der Waals surface area contributed by atoms with Gasteiger partial charge in [0.15, 0.2) is 24.6 Å². The number of carbonyl (C=O) groups is 4. The van der Waals surface area contributed by atoms with Crippen LogP contribution in [0.1, 0.15) is 92.3 Å². The molecule has 17 heteroatoms. The number of phenols is 2. The van der Waals surface area contributed by atoms with Gasteiger partial charge >= 0.3 is 6.09 Å². The molecule has 9 aliphatic rings. The van der Waals surface area contributed by atoms with Crippen molar-refractivity contribution in [3.05, 3.63) is 111 Å². The molecule has 68 heavy (non-hydrogen) atoms. The first-order valence-corrected chi connectivity index (χ1v) is 23.3. The van der Waals surface area contributed by atoms with E-state index in [1.807, 2.05) is 31.2 Å². The molecule has 354 valence electrons. The molecule has 6 fully saturated rings. The molecular formula is C51H51N3O14. The Morgan fingerprint density at radius 1 is 0.838 bits per heavy atom. The van der Waals surface area contributed by atoms with Crippen molar-refractivity contribution in [2.24, 2.45) is 0 Å². The number of piperidine rings is 1. The summed E-state index contributed by atoms with van der Waals surface area (Å²) in [7, 11) is 2.91. The highest BCUT2D eigenvalue weighted by molar-refractivity contribution is 6.31. The third kappa shape index (κ3) is 6.40. The lowest BCUT2D eigenvalue weighted by molar-refractivity contribution is -0.256. The first-order chi connectivity index (χ1) is 32.9. The van der Waals surface area contributed by atoms with Gasteiger partial charge in [0.2, 0.25) is 5.78 Å². The zero-order valence-electron chi connectivity index (χ0n) is 37.7. The van der Waals surface area contributed by atoms with Gasteiger partial charge in [-0.05, 0) is 41.7 Å². The molecule has 13 rings (SSSR count). The normalized spacial score (nSPS) is 31.1. The lowest BCUT2D eigenvalue weighted by Crippen LogP contribution is -2.74. The minimum atomic E-state index is -2.23. The maximum absolute atomic E-state index is 15.0. The Morgan fingerprint density at radius 2 is 1.53 bits per heavy atom. The maximum Gasteiger partial charge on any atom is 0.409 e. The number of ketones is 2. The molecule has 6 aliphatic heterocycles. The number of rotatable bonds is 7. The van der Waals surface area contributed by atoms with Crippen molar-refractivity contribution < 1.29 is 67.7 Å². The average Bonchev–Trinajstić information content (AvgIpc) is 3.89. The van der Waals surface area contributed by atoms with Gasteiger partial charge in [0, 0.05) is 74.7 Å². The Labute approximate surface area is 391 Å². The summed E-state index contributed by atoms with van der Waals surface area (Å²) in [5.41, 5.74) is 1.09. The monoisotopic (exact) mass is 929 g/mol. The van der Waals surface area contributed by atoms with Gasteiger partial charge in [-0.2, -0.15) is 0 Å². The predicted molar refractivity (Wildman–Crippen MR) is 237 cm³/mol. The van der Waals surface area contributed by atoms with Gasteiger partial charge in [-0.25, -0.2) is 4.79 Å². The fourth-order valence-corrected chi connectivity index (χ4v) is 12.5. The Hall–Kier alpha value is -5.92. The second kappa shape index (κ2) is 16.1. The molecule has 6 heterocycles. The molecule has 6 saturated heterocycles. The number of aromatic hydroxyl groups is 2. The average molecular weight is 930 g/mol. The summed E-state index contributed by atoms with van der Waals surface area (Å²) in [5.74, 6) is -3.39. The first-order valence-electron chi connectivity index (χ1n) is 23.3. The summed E-state index contributed by atoms with van der Waals surface area (Å²) in [6.07, 6.45) is -4.80. The van der Waals surface area contributed by atoms with E-state index in [0.29, 0.717) is 19.6 Å². The number of fused-ring (bicyclic) bond motifs is 11. The number of ether oxygens (including phenoxy) is 7. The number of hydrogen-bond donors (Lipinski definition) is 3. The predicted octanol–water partition coefficient (Wildman–Crippen LogP) is 4.38. The summed E-state index contributed by atoms with van der Waals surface area (Å²) in [5, 5.41) is 37.2. The minimum absolute atomic E-state index is 0.0316. The van der Waals surface area contributed by atoms with Gasteiger partial charge in [0.1, 0.15) is 35.6 Å². The third-order valence-corrected chi connectivity index (χ3v) is 15.6. The Kier molecular flexibility index (Phi) is 10.3. The van der Waals surface area contributed by atoms with E-state index in [2.05, 4.69) is 29.2 Å². The van der Waals surface area contributed by atoms with Crippen LogP contribution in [-0.2, 0) is 39.6 Å². The molecule has 0 spiro atoms. The van der Waals surface area contributed by atoms with Gasteiger partial charge in [-0.1, -0.05) is 60.7 Å². The van der Waals surface area contributed by atoms with E-state index >= 15 is 0 Å². The second-order valence-electron chi connectivity index (χ2n) is 19.2. The number of aliphatic hydroxyl groups is 1. The van der Waals surface area contributed by atoms with Crippen LogP contribution in [-0.4, -0.2) is 155 Å². The number of amides is 2. The Bertz CT molecular complexity index is 2740. The molecule has 3 N–H and O–H groups in total. The number of benzene rings is 4. The van der Waals surface area contributed by atoms with Crippen LogP contribution in [0.5, 0.6) is 17.2 Å². The molecule has 4 aromatic rings. The molecule has 0 aromatic heterocycles. The molecule has 2 amide bonds. The summed E-state index contributed by atoms with van der Waals surface area (Å²) in [6.45, 7) is 3.32. The van der Waals surface area contributed by atoms with Gasteiger partial charge in [-0.15, -0.1) is 0 Å². The number of piperazine rings is 1. The molecule has 10 atom stereocenters. The van der Waals surface area contributed by atoms with Crippen LogP contribution in [0.4, 0.5) is 4.79 Å². The molecule has 17 nitrogen and oxygen atoms in total. The number of morpholine rings is 1. The molecule has 2 unspecified atom stereocenters. The number of phenolic OH excluding ortho intramolecular Hbond substituents is 2. The van der Waals surface area contributed by atoms with Crippen LogP contribution >= 0.6 is 0 Å². The van der Waals surface area contributed by atoms with E-state index in [0.717, 1.165) is 22.3 Å². The van der Waals surface area contributed by atoms with Crippen molar-refractivity contribution >= 4 is 23.6 Å². The zero-order valence-corrected chi connectivity index (χ0v) is 37.7. The van der Waals surface area contributed by atoms with Crippen molar-refractivity contribution in [3.63, 3.8) is 0 Å². The summed E-state index contributed by atoms with van der Waals surface area (Å²) in [6, 6.07) is 19.6. The highest BCUT2D eigenvalue weighted by Crippen LogP contribution is 2.54. The molecule has 4 aromatic carbocycles. The molecule has 0 saturated carbocycles. The minimum Gasteiger partial charge on any atom is -0.507 e. The second-order valence-corrected chi connectivity index (χ2v) is 19.2. The van der Waals surface area contributed by atoms with Crippen LogP contribution in [0.2, 0.25) is 0 Å². The largest absolute Gasteiger partial charge is 0.507 e. The van der Waals surface area contributed by atoms with Gasteiger partial charge < -0.3 is 58.3 Å². The molecule has 0 radical (unpaired) electrons. The lowest BCUT2D eigenvalue weighted by Gasteiger charge is -2.57. The first kappa shape index (κ1) is 43.4. The quantitative estimate of drug-likeness (QED) is 0.194. The van der Waals surface area contributed by atoms with Gasteiger partial charge in [0.05, 0.1) is 54.7 Å². The SMILES string of the molecule is COc1cccc2c1C(=O)c1c(O)c3c(c(O)c1C2=O)C[C@@](O)(C(=O)N1C2CC1CN(C(=O)OCC1c4ccccc4-c4ccccc41)C2)C[C@@H]3O[C@H]1C[C@H]2[C@H](O[C@@H]3[C@@H](OC)OCCN32)[C@H](C)O1. The summed E-state index contributed by atoms with van der Waals surface area (Å²) >= 11 is 0. The summed E-state index contributed by atoms with van der Waals surface area (Å²) in [4.78, 5) is 62.6. The van der Waals surface area contributed by atoms with Gasteiger partial charge in [0.25, 0.3) is 5.91 Å². The summed E-state index contributed by atoms with van der Waals surface area (Å²) < 4.78 is 42.4. The lowest BCUT2D eigenvalue weighted by atomic mass is 9.71. The van der Waals surface area contributed by atoms with Crippen LogP contribution in [0.15, 0.2) is 66.7 Å². The van der Waals surface area contributed by atoms with Crippen LogP contribution in [0, 0.1) is 0 Å². The zero-order chi connectivity index (χ0) is 46.9. The fourth-order valence-electron chi connectivity index (χ4n) is 12.5. The highest BCUT2D eigenvalue weighted by atomic mass is 16.7. The van der Waals surface area contributed by atoms with Crippen LogP contribution in [0.3, 0.4) is 0 Å². The maximum atomic E-state index is 15.0. The van der Waals surface area contributed by atoms with E-state index in [1.165, 1.54) is 19.2 Å².